The number of nitrogen functional groups attached to an aromatic ring is 1. The molecule has 6 heteroatoms. The van der Waals surface area contributed by atoms with E-state index < -0.39 is 0 Å². The van der Waals surface area contributed by atoms with Crippen molar-refractivity contribution in [3.05, 3.63) is 41.5 Å². The molecule has 100 valence electrons. The molecule has 0 aliphatic heterocycles. The van der Waals surface area contributed by atoms with Crippen molar-refractivity contribution in [2.45, 2.75) is 26.8 Å². The Balaban J connectivity index is 2.26. The lowest BCUT2D eigenvalue weighted by Gasteiger charge is -2.17. The zero-order valence-electron chi connectivity index (χ0n) is 11.3. The minimum absolute atomic E-state index is 0.0554. The lowest BCUT2D eigenvalue weighted by molar-refractivity contribution is 0.824. The van der Waals surface area contributed by atoms with Gasteiger partial charge in [-0.15, -0.1) is 0 Å². The molecule has 2 aromatic rings. The van der Waals surface area contributed by atoms with Gasteiger partial charge in [0.1, 0.15) is 17.5 Å². The Bertz CT molecular complexity index is 555. The molecule has 2 heterocycles. The van der Waals surface area contributed by atoms with E-state index in [9.17, 15) is 0 Å². The van der Waals surface area contributed by atoms with Crippen LogP contribution in [-0.2, 0) is 0 Å². The van der Waals surface area contributed by atoms with E-state index in [2.05, 4.69) is 25.7 Å². The average Bonchev–Trinajstić information content (AvgIpc) is 2.43. The number of pyridine rings is 1. The average molecular weight is 258 g/mol. The van der Waals surface area contributed by atoms with E-state index in [4.69, 9.17) is 5.84 Å². The molecule has 0 aliphatic carbocycles. The van der Waals surface area contributed by atoms with Crippen LogP contribution in [0.3, 0.4) is 0 Å². The number of rotatable bonds is 4. The number of hydrogen-bond donors (Lipinski definition) is 3. The van der Waals surface area contributed by atoms with Gasteiger partial charge in [0.15, 0.2) is 0 Å². The van der Waals surface area contributed by atoms with Gasteiger partial charge in [0.05, 0.1) is 11.7 Å². The van der Waals surface area contributed by atoms with E-state index in [-0.39, 0.29) is 6.04 Å². The normalized spacial score (nSPS) is 12.0. The standard InChI is InChI=1S/C13H18N6/c1-8-12(17-10(3)18-13(8)19-14)16-9(2)11-6-4-5-7-15-11/h4-7,9H,14H2,1-3H3,(H2,16,17,18,19). The van der Waals surface area contributed by atoms with Crippen LogP contribution in [0.5, 0.6) is 0 Å². The van der Waals surface area contributed by atoms with Crippen LogP contribution in [0.25, 0.3) is 0 Å². The Hall–Kier alpha value is -2.21. The first kappa shape index (κ1) is 13.2. The SMILES string of the molecule is Cc1nc(NN)c(C)c(NC(C)c2ccccn2)n1. The highest BCUT2D eigenvalue weighted by atomic mass is 15.3. The number of nitrogens with zero attached hydrogens (tertiary/aromatic N) is 3. The predicted octanol–water partition coefficient (Wildman–Crippen LogP) is 1.95. The second-order valence-electron chi connectivity index (χ2n) is 4.36. The van der Waals surface area contributed by atoms with Gasteiger partial charge in [-0.05, 0) is 32.9 Å². The van der Waals surface area contributed by atoms with Crippen LogP contribution in [0.2, 0.25) is 0 Å². The molecule has 2 rings (SSSR count). The van der Waals surface area contributed by atoms with Crippen molar-refractivity contribution < 1.29 is 0 Å². The van der Waals surface area contributed by atoms with Gasteiger partial charge in [0.2, 0.25) is 0 Å². The summed E-state index contributed by atoms with van der Waals surface area (Å²) in [4.78, 5) is 13.0. The van der Waals surface area contributed by atoms with Crippen LogP contribution in [0.15, 0.2) is 24.4 Å². The topological polar surface area (TPSA) is 88.8 Å². The summed E-state index contributed by atoms with van der Waals surface area (Å²) in [7, 11) is 0. The fraction of sp³-hybridized carbons (Fsp3) is 0.308. The Morgan fingerprint density at radius 2 is 1.89 bits per heavy atom. The summed E-state index contributed by atoms with van der Waals surface area (Å²) in [5.74, 6) is 7.50. The van der Waals surface area contributed by atoms with Crippen molar-refractivity contribution in [3.8, 4) is 0 Å². The lowest BCUT2D eigenvalue weighted by atomic mass is 10.2. The molecule has 0 saturated heterocycles. The molecule has 0 aromatic carbocycles. The Labute approximate surface area is 112 Å². The van der Waals surface area contributed by atoms with Gasteiger partial charge in [-0.1, -0.05) is 6.07 Å². The van der Waals surface area contributed by atoms with Crippen LogP contribution in [0.1, 0.15) is 30.0 Å². The zero-order valence-corrected chi connectivity index (χ0v) is 11.3. The van der Waals surface area contributed by atoms with E-state index in [0.29, 0.717) is 11.6 Å². The summed E-state index contributed by atoms with van der Waals surface area (Å²) in [6.45, 7) is 5.79. The molecular formula is C13H18N6. The third kappa shape index (κ3) is 2.97. The molecule has 0 spiro atoms. The van der Waals surface area contributed by atoms with Gasteiger partial charge in [-0.25, -0.2) is 15.8 Å². The second kappa shape index (κ2) is 5.62. The Kier molecular flexibility index (Phi) is 3.91. The molecule has 1 atom stereocenters. The summed E-state index contributed by atoms with van der Waals surface area (Å²) in [5, 5.41) is 3.33. The minimum Gasteiger partial charge on any atom is -0.362 e. The number of nitrogens with one attached hydrogen (secondary N) is 2. The molecular weight excluding hydrogens is 240 g/mol. The first-order chi connectivity index (χ1) is 9.11. The molecule has 0 radical (unpaired) electrons. The van der Waals surface area contributed by atoms with Crippen molar-refractivity contribution >= 4 is 11.6 Å². The molecule has 0 aliphatic rings. The van der Waals surface area contributed by atoms with E-state index in [0.717, 1.165) is 17.1 Å². The molecule has 0 saturated carbocycles. The number of hydrogen-bond acceptors (Lipinski definition) is 6. The fourth-order valence-corrected chi connectivity index (χ4v) is 1.82. The maximum atomic E-state index is 5.45. The van der Waals surface area contributed by atoms with Gasteiger partial charge in [-0.3, -0.25) is 4.98 Å². The first-order valence-electron chi connectivity index (χ1n) is 6.11. The quantitative estimate of drug-likeness (QED) is 0.574. The number of anilines is 2. The molecule has 0 amide bonds. The second-order valence-corrected chi connectivity index (χ2v) is 4.36. The maximum absolute atomic E-state index is 5.45. The van der Waals surface area contributed by atoms with Gasteiger partial charge in [0, 0.05) is 11.8 Å². The fourth-order valence-electron chi connectivity index (χ4n) is 1.82. The van der Waals surface area contributed by atoms with Gasteiger partial charge in [-0.2, -0.15) is 0 Å². The lowest BCUT2D eigenvalue weighted by Crippen LogP contribution is -2.16. The monoisotopic (exact) mass is 258 g/mol. The van der Waals surface area contributed by atoms with E-state index in [1.54, 1.807) is 6.20 Å². The molecule has 2 aromatic heterocycles. The summed E-state index contributed by atoms with van der Waals surface area (Å²) in [5.41, 5.74) is 4.43. The van der Waals surface area contributed by atoms with Crippen LogP contribution < -0.4 is 16.6 Å². The van der Waals surface area contributed by atoms with Crippen LogP contribution in [0.4, 0.5) is 11.6 Å². The van der Waals surface area contributed by atoms with Crippen molar-refractivity contribution in [1.29, 1.82) is 0 Å². The molecule has 0 bridgehead atoms. The summed E-state index contributed by atoms with van der Waals surface area (Å²) in [6, 6.07) is 5.89. The van der Waals surface area contributed by atoms with E-state index >= 15 is 0 Å². The largest absolute Gasteiger partial charge is 0.362 e. The van der Waals surface area contributed by atoms with Gasteiger partial charge in [0.25, 0.3) is 0 Å². The summed E-state index contributed by atoms with van der Waals surface area (Å²) < 4.78 is 0. The van der Waals surface area contributed by atoms with Crippen LogP contribution in [0, 0.1) is 13.8 Å². The molecule has 6 nitrogen and oxygen atoms in total. The highest BCUT2D eigenvalue weighted by molar-refractivity contribution is 5.57. The number of aryl methyl sites for hydroxylation is 1. The number of hydrazine groups is 1. The smallest absolute Gasteiger partial charge is 0.148 e. The molecule has 19 heavy (non-hydrogen) atoms. The van der Waals surface area contributed by atoms with Crippen molar-refractivity contribution in [1.82, 2.24) is 15.0 Å². The Morgan fingerprint density at radius 3 is 2.53 bits per heavy atom. The minimum atomic E-state index is 0.0554. The zero-order chi connectivity index (χ0) is 13.8. The van der Waals surface area contributed by atoms with E-state index in [1.165, 1.54) is 0 Å². The third-order valence-electron chi connectivity index (χ3n) is 2.88. The van der Waals surface area contributed by atoms with Crippen molar-refractivity contribution in [2.75, 3.05) is 10.7 Å². The molecule has 1 unspecified atom stereocenters. The van der Waals surface area contributed by atoms with Crippen molar-refractivity contribution in [2.24, 2.45) is 5.84 Å². The van der Waals surface area contributed by atoms with Crippen LogP contribution in [-0.4, -0.2) is 15.0 Å². The third-order valence-corrected chi connectivity index (χ3v) is 2.88. The number of aromatic nitrogens is 3. The van der Waals surface area contributed by atoms with Crippen LogP contribution >= 0.6 is 0 Å². The highest BCUT2D eigenvalue weighted by Crippen LogP contribution is 2.23. The van der Waals surface area contributed by atoms with Gasteiger partial charge < -0.3 is 10.7 Å². The van der Waals surface area contributed by atoms with Crippen molar-refractivity contribution in [3.63, 3.8) is 0 Å². The predicted molar refractivity (Wildman–Crippen MR) is 75.6 cm³/mol. The molecule has 0 fully saturated rings. The Morgan fingerprint density at radius 1 is 1.16 bits per heavy atom. The highest BCUT2D eigenvalue weighted by Gasteiger charge is 2.12. The number of nitrogens with two attached hydrogens (primary N) is 1. The first-order valence-corrected chi connectivity index (χ1v) is 6.11. The maximum Gasteiger partial charge on any atom is 0.148 e. The summed E-state index contributed by atoms with van der Waals surface area (Å²) >= 11 is 0. The summed E-state index contributed by atoms with van der Waals surface area (Å²) in [6.07, 6.45) is 1.78. The molecule has 4 N–H and O–H groups in total. The van der Waals surface area contributed by atoms with Gasteiger partial charge >= 0.3 is 0 Å². The van der Waals surface area contributed by atoms with E-state index in [1.807, 2.05) is 39.0 Å².